The highest BCUT2D eigenvalue weighted by atomic mass is 16.2. The normalized spacial score (nSPS) is 17.9. The third-order valence-electron chi connectivity index (χ3n) is 5.80. The lowest BCUT2D eigenvalue weighted by Crippen LogP contribution is -2.45. The average molecular weight is 390 g/mol. The standard InChI is InChI=1S/C23H27N5O/c1-16(24)20-9-6-14-27(15-20)23(29)22-17(2)28(26-25-22)21-12-10-19(11-13-21)18-7-4-3-5-8-18/h3-5,7-8,10-13,16,20H,6,9,14-15,24H2,1-2H3/t16-,20-/m0/s1. The molecule has 1 saturated heterocycles. The Labute approximate surface area is 171 Å². The van der Waals surface area contributed by atoms with Gasteiger partial charge in [-0.05, 0) is 55.9 Å². The number of nitrogens with zero attached hydrogens (tertiary/aromatic N) is 4. The second-order valence-corrected chi connectivity index (χ2v) is 7.86. The second kappa shape index (κ2) is 8.17. The zero-order chi connectivity index (χ0) is 20.4. The molecule has 0 spiro atoms. The van der Waals surface area contributed by atoms with Crippen LogP contribution in [0, 0.1) is 12.8 Å². The first-order valence-electron chi connectivity index (χ1n) is 10.2. The fraction of sp³-hybridized carbons (Fsp3) is 0.348. The predicted octanol–water partition coefficient (Wildman–Crippen LogP) is 3.44. The first-order chi connectivity index (χ1) is 14.0. The fourth-order valence-corrected chi connectivity index (χ4v) is 3.97. The van der Waals surface area contributed by atoms with Crippen molar-refractivity contribution in [2.75, 3.05) is 13.1 Å². The van der Waals surface area contributed by atoms with Gasteiger partial charge in [-0.2, -0.15) is 0 Å². The Morgan fingerprint density at radius 1 is 1.10 bits per heavy atom. The highest BCUT2D eigenvalue weighted by Crippen LogP contribution is 2.23. The van der Waals surface area contributed by atoms with Crippen LogP contribution in [0.15, 0.2) is 54.6 Å². The van der Waals surface area contributed by atoms with Crippen LogP contribution >= 0.6 is 0 Å². The summed E-state index contributed by atoms with van der Waals surface area (Å²) in [6, 6.07) is 18.5. The minimum atomic E-state index is -0.0556. The first-order valence-corrected chi connectivity index (χ1v) is 10.2. The van der Waals surface area contributed by atoms with Crippen molar-refractivity contribution in [3.05, 3.63) is 66.0 Å². The summed E-state index contributed by atoms with van der Waals surface area (Å²) in [5.41, 5.74) is 10.4. The Morgan fingerprint density at radius 3 is 2.48 bits per heavy atom. The molecule has 2 heterocycles. The van der Waals surface area contributed by atoms with Crippen LogP contribution in [0.2, 0.25) is 0 Å². The van der Waals surface area contributed by atoms with Gasteiger partial charge in [0.25, 0.3) is 5.91 Å². The van der Waals surface area contributed by atoms with E-state index >= 15 is 0 Å². The maximum absolute atomic E-state index is 13.0. The highest BCUT2D eigenvalue weighted by molar-refractivity contribution is 5.93. The van der Waals surface area contributed by atoms with Crippen molar-refractivity contribution in [2.24, 2.45) is 11.7 Å². The Morgan fingerprint density at radius 2 is 1.79 bits per heavy atom. The molecular weight excluding hydrogens is 362 g/mol. The van der Waals surface area contributed by atoms with Gasteiger partial charge in [0.15, 0.2) is 5.69 Å². The number of amides is 1. The van der Waals surface area contributed by atoms with Crippen LogP contribution in [-0.4, -0.2) is 44.9 Å². The summed E-state index contributed by atoms with van der Waals surface area (Å²) in [7, 11) is 0. The van der Waals surface area contributed by atoms with E-state index in [0.29, 0.717) is 18.2 Å². The number of aromatic nitrogens is 3. The fourth-order valence-electron chi connectivity index (χ4n) is 3.97. The van der Waals surface area contributed by atoms with Gasteiger partial charge in [0.05, 0.1) is 11.4 Å². The van der Waals surface area contributed by atoms with Gasteiger partial charge in [-0.25, -0.2) is 4.68 Å². The molecule has 0 unspecified atom stereocenters. The van der Waals surface area contributed by atoms with E-state index < -0.39 is 0 Å². The lowest BCUT2D eigenvalue weighted by molar-refractivity contribution is 0.0654. The number of piperidine rings is 1. The predicted molar refractivity (Wildman–Crippen MR) is 114 cm³/mol. The molecule has 0 aliphatic carbocycles. The average Bonchev–Trinajstić information content (AvgIpc) is 3.15. The van der Waals surface area contributed by atoms with E-state index in [1.807, 2.05) is 49.1 Å². The molecule has 1 aliphatic rings. The van der Waals surface area contributed by atoms with E-state index in [0.717, 1.165) is 36.3 Å². The molecular formula is C23H27N5O. The molecule has 1 aliphatic heterocycles. The third kappa shape index (κ3) is 3.93. The number of nitrogens with two attached hydrogens (primary N) is 1. The molecule has 150 valence electrons. The van der Waals surface area contributed by atoms with Gasteiger partial charge in [-0.15, -0.1) is 5.10 Å². The molecule has 1 amide bonds. The summed E-state index contributed by atoms with van der Waals surface area (Å²) >= 11 is 0. The Balaban J connectivity index is 1.55. The molecule has 3 aromatic rings. The van der Waals surface area contributed by atoms with Crippen molar-refractivity contribution < 1.29 is 4.79 Å². The number of carbonyl (C=O) groups is 1. The van der Waals surface area contributed by atoms with E-state index in [-0.39, 0.29) is 11.9 Å². The van der Waals surface area contributed by atoms with Crippen LogP contribution in [-0.2, 0) is 0 Å². The lowest BCUT2D eigenvalue weighted by Gasteiger charge is -2.34. The van der Waals surface area contributed by atoms with Crippen molar-refractivity contribution >= 4 is 5.91 Å². The summed E-state index contributed by atoms with van der Waals surface area (Å²) < 4.78 is 1.73. The summed E-state index contributed by atoms with van der Waals surface area (Å²) in [6.45, 7) is 5.35. The van der Waals surface area contributed by atoms with Gasteiger partial charge in [-0.3, -0.25) is 4.79 Å². The number of rotatable bonds is 4. The monoisotopic (exact) mass is 389 g/mol. The van der Waals surface area contributed by atoms with Crippen molar-refractivity contribution in [3.63, 3.8) is 0 Å². The number of hydrogen-bond donors (Lipinski definition) is 1. The smallest absolute Gasteiger partial charge is 0.276 e. The summed E-state index contributed by atoms with van der Waals surface area (Å²) in [5, 5.41) is 8.46. The zero-order valence-corrected chi connectivity index (χ0v) is 17.0. The van der Waals surface area contributed by atoms with E-state index in [1.165, 1.54) is 5.56 Å². The van der Waals surface area contributed by atoms with Crippen LogP contribution in [0.5, 0.6) is 0 Å². The molecule has 6 heteroatoms. The maximum Gasteiger partial charge on any atom is 0.276 e. The number of carbonyl (C=O) groups excluding carboxylic acids is 1. The minimum Gasteiger partial charge on any atom is -0.337 e. The maximum atomic E-state index is 13.0. The SMILES string of the molecule is Cc1c(C(=O)N2CCC[C@H]([C@H](C)N)C2)nnn1-c1ccc(-c2ccccc2)cc1. The second-order valence-electron chi connectivity index (χ2n) is 7.86. The van der Waals surface area contributed by atoms with Crippen LogP contribution in [0.1, 0.15) is 35.9 Å². The Kier molecular flexibility index (Phi) is 5.45. The van der Waals surface area contributed by atoms with Gasteiger partial charge in [0, 0.05) is 19.1 Å². The summed E-state index contributed by atoms with van der Waals surface area (Å²) in [5.74, 6) is 0.286. The van der Waals surface area contributed by atoms with Gasteiger partial charge in [-0.1, -0.05) is 47.7 Å². The van der Waals surface area contributed by atoms with Gasteiger partial charge in [0.1, 0.15) is 0 Å². The zero-order valence-electron chi connectivity index (χ0n) is 17.0. The summed E-state index contributed by atoms with van der Waals surface area (Å²) in [4.78, 5) is 14.9. The van der Waals surface area contributed by atoms with Gasteiger partial charge < -0.3 is 10.6 Å². The van der Waals surface area contributed by atoms with Crippen LogP contribution in [0.4, 0.5) is 0 Å². The quantitative estimate of drug-likeness (QED) is 0.741. The molecule has 2 aromatic carbocycles. The van der Waals surface area contributed by atoms with Crippen molar-refractivity contribution in [2.45, 2.75) is 32.7 Å². The summed E-state index contributed by atoms with van der Waals surface area (Å²) in [6.07, 6.45) is 2.05. The molecule has 1 fully saturated rings. The van der Waals surface area contributed by atoms with Crippen LogP contribution < -0.4 is 5.73 Å². The molecule has 0 bridgehead atoms. The first kappa shape index (κ1) is 19.3. The highest BCUT2D eigenvalue weighted by Gasteiger charge is 2.29. The van der Waals surface area contributed by atoms with Crippen LogP contribution in [0.3, 0.4) is 0 Å². The van der Waals surface area contributed by atoms with Crippen molar-refractivity contribution in [3.8, 4) is 16.8 Å². The van der Waals surface area contributed by atoms with Crippen molar-refractivity contribution in [1.82, 2.24) is 19.9 Å². The molecule has 2 atom stereocenters. The molecule has 1 aromatic heterocycles. The van der Waals surface area contributed by atoms with E-state index in [2.05, 4.69) is 34.6 Å². The molecule has 4 rings (SSSR count). The van der Waals surface area contributed by atoms with E-state index in [1.54, 1.807) is 4.68 Å². The van der Waals surface area contributed by atoms with E-state index in [4.69, 9.17) is 5.73 Å². The van der Waals surface area contributed by atoms with Crippen LogP contribution in [0.25, 0.3) is 16.8 Å². The number of benzene rings is 2. The third-order valence-corrected chi connectivity index (χ3v) is 5.80. The minimum absolute atomic E-state index is 0.0556. The molecule has 0 saturated carbocycles. The van der Waals surface area contributed by atoms with Crippen molar-refractivity contribution in [1.29, 1.82) is 0 Å². The number of hydrogen-bond acceptors (Lipinski definition) is 4. The van der Waals surface area contributed by atoms with Gasteiger partial charge >= 0.3 is 0 Å². The molecule has 6 nitrogen and oxygen atoms in total. The van der Waals surface area contributed by atoms with Gasteiger partial charge in [0.2, 0.25) is 0 Å². The molecule has 2 N–H and O–H groups in total. The largest absolute Gasteiger partial charge is 0.337 e. The lowest BCUT2D eigenvalue weighted by atomic mass is 9.92. The number of likely N-dealkylation sites (tertiary alicyclic amines) is 1. The molecule has 29 heavy (non-hydrogen) atoms. The Hall–Kier alpha value is -2.99. The van der Waals surface area contributed by atoms with E-state index in [9.17, 15) is 4.79 Å². The topological polar surface area (TPSA) is 77.0 Å². The molecule has 0 radical (unpaired) electrons. The Bertz CT molecular complexity index is 978.